The number of primary amides is 1. The average molecular weight is 638 g/mol. The van der Waals surface area contributed by atoms with Crippen LogP contribution in [0.15, 0.2) is 77.7 Å². The molecular formula is C31H29F2N5O8. The lowest BCUT2D eigenvalue weighted by molar-refractivity contribution is -0.118. The number of alkyl carbamates (subject to hydrolysis) is 1. The molecule has 0 saturated heterocycles. The zero-order valence-electron chi connectivity index (χ0n) is 24.4. The Kier molecular flexibility index (Phi) is 10.5. The number of fused-ring (bicyclic) bond motifs is 1. The van der Waals surface area contributed by atoms with Gasteiger partial charge >= 0.3 is 12.2 Å². The predicted molar refractivity (Wildman–Crippen MR) is 161 cm³/mol. The van der Waals surface area contributed by atoms with Gasteiger partial charge in [0.1, 0.15) is 41.2 Å². The normalized spacial score (nSPS) is 11.7. The van der Waals surface area contributed by atoms with Crippen molar-refractivity contribution in [1.29, 1.82) is 0 Å². The lowest BCUT2D eigenvalue weighted by atomic mass is 10.1. The molecule has 0 saturated carbocycles. The number of rotatable bonds is 12. The van der Waals surface area contributed by atoms with Crippen LogP contribution < -0.4 is 26.7 Å². The highest BCUT2D eigenvalue weighted by Crippen LogP contribution is 2.30. The first-order valence-electron chi connectivity index (χ1n) is 13.7. The van der Waals surface area contributed by atoms with E-state index >= 15 is 0 Å². The van der Waals surface area contributed by atoms with E-state index in [1.165, 1.54) is 41.1 Å². The van der Waals surface area contributed by atoms with Crippen LogP contribution in [-0.2, 0) is 27.5 Å². The third kappa shape index (κ3) is 7.93. The maximum absolute atomic E-state index is 14.2. The first-order valence-corrected chi connectivity index (χ1v) is 13.7. The monoisotopic (exact) mass is 637 g/mol. The summed E-state index contributed by atoms with van der Waals surface area (Å²) in [4.78, 5) is 61.6. The van der Waals surface area contributed by atoms with Crippen molar-refractivity contribution in [2.45, 2.75) is 32.0 Å². The summed E-state index contributed by atoms with van der Waals surface area (Å²) in [5.41, 5.74) is 4.61. The van der Waals surface area contributed by atoms with Crippen LogP contribution in [0.25, 0.3) is 10.9 Å². The number of aromatic nitrogens is 2. The number of carboxylic acid groups (broad SMARTS) is 1. The second-order valence-electron chi connectivity index (χ2n) is 9.89. The topological polar surface area (TPSA) is 184 Å². The minimum absolute atomic E-state index is 0.0443. The van der Waals surface area contributed by atoms with Crippen LogP contribution in [0, 0.1) is 11.6 Å². The van der Waals surface area contributed by atoms with Crippen LogP contribution in [0.4, 0.5) is 24.1 Å². The fourth-order valence-corrected chi connectivity index (χ4v) is 4.61. The molecule has 240 valence electrons. The van der Waals surface area contributed by atoms with Crippen LogP contribution in [0.5, 0.6) is 5.75 Å². The summed E-state index contributed by atoms with van der Waals surface area (Å²) in [6.07, 6.45) is 1.90. The van der Waals surface area contributed by atoms with Crippen molar-refractivity contribution in [3.63, 3.8) is 0 Å². The number of halogens is 2. The van der Waals surface area contributed by atoms with Crippen molar-refractivity contribution in [2.24, 2.45) is 5.73 Å². The Hall–Kier alpha value is -5.99. The molecule has 0 radical (unpaired) electrons. The quantitative estimate of drug-likeness (QED) is 0.169. The summed E-state index contributed by atoms with van der Waals surface area (Å²) in [7, 11) is 1.12. The molecule has 2 aromatic heterocycles. The SMILES string of the molecule is COC(=O)N[C@@H](CC/C=C/C(N)=O)C(=O)Nc1cccn(Cc2cc3cccc(OCc4ccc(F)cc4F)c3n2C(=O)O)c1=O. The maximum Gasteiger partial charge on any atom is 0.416 e. The largest absolute Gasteiger partial charge is 0.487 e. The molecule has 0 unspecified atom stereocenters. The van der Waals surface area contributed by atoms with Gasteiger partial charge in [-0.2, -0.15) is 0 Å². The van der Waals surface area contributed by atoms with Crippen molar-refractivity contribution >= 4 is 40.6 Å². The third-order valence-corrected chi connectivity index (χ3v) is 6.76. The zero-order valence-corrected chi connectivity index (χ0v) is 24.4. The zero-order chi connectivity index (χ0) is 33.4. The summed E-state index contributed by atoms with van der Waals surface area (Å²) in [5.74, 6) is -2.89. The number of nitrogens with one attached hydrogen (secondary N) is 2. The minimum atomic E-state index is -1.38. The fourth-order valence-electron chi connectivity index (χ4n) is 4.61. The number of pyridine rings is 1. The maximum atomic E-state index is 14.2. The molecule has 3 amide bonds. The van der Waals surface area contributed by atoms with Crippen molar-refractivity contribution in [1.82, 2.24) is 14.5 Å². The summed E-state index contributed by atoms with van der Waals surface area (Å²) in [6.45, 7) is -0.545. The van der Waals surface area contributed by atoms with Crippen LogP contribution in [-0.4, -0.2) is 51.4 Å². The summed E-state index contributed by atoms with van der Waals surface area (Å²) in [5, 5.41) is 15.4. The molecule has 0 aliphatic heterocycles. The van der Waals surface area contributed by atoms with E-state index in [2.05, 4.69) is 15.4 Å². The Morgan fingerprint density at radius 1 is 1.09 bits per heavy atom. The number of carbonyl (C=O) groups excluding carboxylic acids is 3. The Balaban J connectivity index is 1.59. The van der Waals surface area contributed by atoms with Crippen LogP contribution in [0.1, 0.15) is 24.1 Å². The summed E-state index contributed by atoms with van der Waals surface area (Å²) < 4.78 is 39.9. The molecule has 4 rings (SSSR count). The summed E-state index contributed by atoms with van der Waals surface area (Å²) in [6, 6.07) is 11.0. The highest BCUT2D eigenvalue weighted by molar-refractivity contribution is 5.96. The number of hydrogen-bond acceptors (Lipinski definition) is 7. The van der Waals surface area contributed by atoms with Gasteiger partial charge < -0.3 is 35.5 Å². The van der Waals surface area contributed by atoms with Crippen LogP contribution >= 0.6 is 0 Å². The van der Waals surface area contributed by atoms with Crippen molar-refractivity contribution < 1.29 is 42.5 Å². The Bertz CT molecular complexity index is 1880. The number of allylic oxidation sites excluding steroid dienone is 1. The molecule has 2 aromatic carbocycles. The van der Waals surface area contributed by atoms with E-state index in [4.69, 9.17) is 10.5 Å². The Morgan fingerprint density at radius 3 is 2.57 bits per heavy atom. The van der Waals surface area contributed by atoms with Gasteiger partial charge in [0.25, 0.3) is 5.56 Å². The number of amides is 3. The first-order chi connectivity index (χ1) is 22.0. The third-order valence-electron chi connectivity index (χ3n) is 6.76. The number of carbonyl (C=O) groups is 4. The molecule has 46 heavy (non-hydrogen) atoms. The average Bonchev–Trinajstić information content (AvgIpc) is 3.39. The molecule has 1 atom stereocenters. The molecule has 0 aliphatic carbocycles. The number of nitrogens with two attached hydrogens (primary N) is 1. The van der Waals surface area contributed by atoms with Gasteiger partial charge in [-0.15, -0.1) is 0 Å². The number of ether oxygens (including phenoxy) is 2. The Morgan fingerprint density at radius 2 is 1.87 bits per heavy atom. The van der Waals surface area contributed by atoms with Gasteiger partial charge in [0, 0.05) is 23.2 Å². The number of methoxy groups -OCH3 is 1. The Labute approximate surface area is 259 Å². The molecule has 2 heterocycles. The van der Waals surface area contributed by atoms with Crippen molar-refractivity contribution in [3.05, 3.63) is 106 Å². The molecule has 0 fully saturated rings. The van der Waals surface area contributed by atoms with E-state index in [1.54, 1.807) is 18.2 Å². The lowest BCUT2D eigenvalue weighted by Gasteiger charge is -2.17. The molecule has 4 aromatic rings. The van der Waals surface area contributed by atoms with E-state index in [1.807, 2.05) is 0 Å². The number of nitrogens with zero attached hydrogens (tertiary/aromatic N) is 2. The van der Waals surface area contributed by atoms with Gasteiger partial charge in [0.05, 0.1) is 19.3 Å². The van der Waals surface area contributed by atoms with Gasteiger partial charge in [-0.25, -0.2) is 22.9 Å². The van der Waals surface area contributed by atoms with Crippen molar-refractivity contribution in [2.75, 3.05) is 12.4 Å². The molecular weight excluding hydrogens is 608 g/mol. The summed E-state index contributed by atoms with van der Waals surface area (Å²) >= 11 is 0. The van der Waals surface area contributed by atoms with Gasteiger partial charge in [-0.3, -0.25) is 14.4 Å². The second-order valence-corrected chi connectivity index (χ2v) is 9.89. The highest BCUT2D eigenvalue weighted by atomic mass is 19.1. The van der Waals surface area contributed by atoms with Gasteiger partial charge in [0.15, 0.2) is 0 Å². The molecule has 5 N–H and O–H groups in total. The van der Waals surface area contributed by atoms with E-state index in [0.717, 1.165) is 23.8 Å². The fraction of sp³-hybridized carbons (Fsp3) is 0.194. The van der Waals surface area contributed by atoms with E-state index in [-0.39, 0.29) is 54.2 Å². The standard InChI is InChI=1S/C31H29F2N5O8/c1-45-30(42)36-23(7-2-3-10-26(34)39)28(40)35-24-8-5-13-37(29(24)41)16-21-14-18-6-4-9-25(27(18)38(21)31(43)44)46-17-19-11-12-20(32)15-22(19)33/h3-6,8-15,23H,2,7,16-17H2,1H3,(H2,34,39)(H,35,40)(H,36,42)(H,43,44)/b10-3+/t23-/m0/s1. The lowest BCUT2D eigenvalue weighted by Crippen LogP contribution is -2.44. The van der Waals surface area contributed by atoms with Gasteiger partial charge in [0.2, 0.25) is 11.8 Å². The highest BCUT2D eigenvalue weighted by Gasteiger charge is 2.23. The van der Waals surface area contributed by atoms with E-state index < -0.39 is 47.2 Å². The molecule has 0 bridgehead atoms. The van der Waals surface area contributed by atoms with E-state index in [9.17, 15) is 37.9 Å². The second kappa shape index (κ2) is 14.7. The first kappa shape index (κ1) is 32.9. The van der Waals surface area contributed by atoms with Gasteiger partial charge in [-0.05, 0) is 55.3 Å². The van der Waals surface area contributed by atoms with E-state index in [0.29, 0.717) is 11.5 Å². The number of para-hydroxylation sites is 1. The van der Waals surface area contributed by atoms with Gasteiger partial charge in [-0.1, -0.05) is 18.2 Å². The number of benzene rings is 2. The molecule has 13 nitrogen and oxygen atoms in total. The van der Waals surface area contributed by atoms with Crippen LogP contribution in [0.2, 0.25) is 0 Å². The predicted octanol–water partition coefficient (Wildman–Crippen LogP) is 3.72. The number of hydrogen-bond donors (Lipinski definition) is 4. The number of anilines is 1. The molecule has 0 aliphatic rings. The smallest absolute Gasteiger partial charge is 0.416 e. The molecule has 15 heteroatoms. The van der Waals surface area contributed by atoms with Crippen LogP contribution in [0.3, 0.4) is 0 Å². The minimum Gasteiger partial charge on any atom is -0.487 e. The molecule has 0 spiro atoms. The van der Waals surface area contributed by atoms with Crippen molar-refractivity contribution in [3.8, 4) is 5.75 Å².